The second-order valence-electron chi connectivity index (χ2n) is 8.76. The minimum atomic E-state index is -3.62. The summed E-state index contributed by atoms with van der Waals surface area (Å²) >= 11 is 0. The zero-order chi connectivity index (χ0) is 25.5. The third-order valence-electron chi connectivity index (χ3n) is 5.34. The maximum absolute atomic E-state index is 13.3. The van der Waals surface area contributed by atoms with Crippen molar-refractivity contribution in [3.8, 4) is 0 Å². The largest absolute Gasteiger partial charge is 0.352 e. The minimum absolute atomic E-state index is 0.0539. The quantitative estimate of drug-likeness (QED) is 0.520. The summed E-state index contributed by atoms with van der Waals surface area (Å²) in [6.45, 7) is 7.68. The molecule has 0 aliphatic heterocycles. The molecule has 0 saturated heterocycles. The average Bonchev–Trinajstić information content (AvgIpc) is 2.75. The average molecular weight is 492 g/mol. The van der Waals surface area contributed by atoms with Crippen molar-refractivity contribution in [2.24, 2.45) is 0 Å². The molecule has 2 aromatic carbocycles. The van der Waals surface area contributed by atoms with Crippen LogP contribution < -0.4 is 9.62 Å². The fourth-order valence-corrected chi connectivity index (χ4v) is 4.45. The number of carbonyl (C=O) groups is 2. The normalized spacial score (nSPS) is 12.3. The third kappa shape index (κ3) is 8.13. The van der Waals surface area contributed by atoms with E-state index in [9.17, 15) is 22.4 Å². The van der Waals surface area contributed by atoms with Crippen LogP contribution in [0.15, 0.2) is 48.5 Å². The summed E-state index contributed by atoms with van der Waals surface area (Å²) < 4.78 is 39.0. The first-order valence-electron chi connectivity index (χ1n) is 11.3. The number of sulfonamides is 1. The van der Waals surface area contributed by atoms with Crippen molar-refractivity contribution in [1.29, 1.82) is 0 Å². The van der Waals surface area contributed by atoms with Crippen LogP contribution in [0.25, 0.3) is 0 Å². The lowest BCUT2D eigenvalue weighted by Gasteiger charge is -2.30. The summed E-state index contributed by atoms with van der Waals surface area (Å²) in [4.78, 5) is 27.4. The lowest BCUT2D eigenvalue weighted by atomic mass is 10.1. The maximum atomic E-state index is 13.3. The molecule has 1 atom stereocenters. The van der Waals surface area contributed by atoms with E-state index in [0.29, 0.717) is 5.69 Å². The number of halogens is 1. The number of amides is 2. The van der Waals surface area contributed by atoms with E-state index in [4.69, 9.17) is 0 Å². The van der Waals surface area contributed by atoms with Gasteiger partial charge in [-0.3, -0.25) is 13.9 Å². The van der Waals surface area contributed by atoms with E-state index in [1.165, 1.54) is 29.2 Å². The second kappa shape index (κ2) is 12.0. The van der Waals surface area contributed by atoms with E-state index in [1.807, 2.05) is 45.0 Å². The Bertz CT molecular complexity index is 1070. The van der Waals surface area contributed by atoms with Gasteiger partial charge in [0.15, 0.2) is 0 Å². The zero-order valence-electron chi connectivity index (χ0n) is 20.4. The number of benzene rings is 2. The number of hydrogen-bond acceptors (Lipinski definition) is 4. The van der Waals surface area contributed by atoms with Gasteiger partial charge in [0.1, 0.15) is 11.9 Å². The smallest absolute Gasteiger partial charge is 0.242 e. The molecule has 2 aromatic rings. The van der Waals surface area contributed by atoms with Gasteiger partial charge in [-0.05, 0) is 63.9 Å². The zero-order valence-corrected chi connectivity index (χ0v) is 21.2. The molecule has 2 rings (SSSR count). The molecule has 1 N–H and O–H groups in total. The Balaban J connectivity index is 2.15. The Morgan fingerprint density at radius 1 is 1.00 bits per heavy atom. The van der Waals surface area contributed by atoms with Crippen LogP contribution in [0.5, 0.6) is 0 Å². The van der Waals surface area contributed by atoms with Gasteiger partial charge >= 0.3 is 0 Å². The number of nitrogens with zero attached hydrogens (tertiary/aromatic N) is 2. The lowest BCUT2D eigenvalue weighted by molar-refractivity contribution is -0.140. The van der Waals surface area contributed by atoms with Gasteiger partial charge in [0.25, 0.3) is 0 Å². The Hall–Kier alpha value is -2.94. The fraction of sp³-hybridized carbons (Fsp3) is 0.440. The second-order valence-corrected chi connectivity index (χ2v) is 10.7. The molecule has 34 heavy (non-hydrogen) atoms. The van der Waals surface area contributed by atoms with Gasteiger partial charge < -0.3 is 10.2 Å². The molecule has 0 bridgehead atoms. The summed E-state index contributed by atoms with van der Waals surface area (Å²) in [5, 5.41) is 2.84. The molecule has 186 valence electrons. The number of hydrogen-bond donors (Lipinski definition) is 1. The number of nitrogens with one attached hydrogen (secondary N) is 1. The molecule has 0 radical (unpaired) electrons. The highest BCUT2D eigenvalue weighted by Gasteiger charge is 2.27. The van der Waals surface area contributed by atoms with E-state index in [2.05, 4.69) is 5.32 Å². The van der Waals surface area contributed by atoms with E-state index in [-0.39, 0.29) is 43.8 Å². The van der Waals surface area contributed by atoms with Gasteiger partial charge in [0.05, 0.1) is 11.9 Å². The van der Waals surface area contributed by atoms with Gasteiger partial charge in [0, 0.05) is 25.6 Å². The summed E-state index contributed by atoms with van der Waals surface area (Å²) in [6.07, 6.45) is 1.37. The summed E-state index contributed by atoms with van der Waals surface area (Å²) in [5.41, 5.74) is 2.32. The van der Waals surface area contributed by atoms with Crippen LogP contribution in [-0.4, -0.2) is 50.0 Å². The summed E-state index contributed by atoms with van der Waals surface area (Å²) in [6, 6.07) is 12.1. The van der Waals surface area contributed by atoms with Crippen molar-refractivity contribution >= 4 is 27.5 Å². The molecule has 0 aliphatic rings. The first kappa shape index (κ1) is 27.3. The topological polar surface area (TPSA) is 86.8 Å². The Labute approximate surface area is 202 Å². The van der Waals surface area contributed by atoms with E-state index in [1.54, 1.807) is 6.92 Å². The molecule has 9 heteroatoms. The monoisotopic (exact) mass is 491 g/mol. The molecular weight excluding hydrogens is 457 g/mol. The summed E-state index contributed by atoms with van der Waals surface area (Å²) in [7, 11) is -3.62. The predicted octanol–water partition coefficient (Wildman–Crippen LogP) is 3.62. The van der Waals surface area contributed by atoms with Crippen LogP contribution in [0.4, 0.5) is 10.1 Å². The number of carbonyl (C=O) groups excluding carboxylic acids is 2. The van der Waals surface area contributed by atoms with Crippen molar-refractivity contribution in [3.05, 3.63) is 65.5 Å². The van der Waals surface area contributed by atoms with Crippen LogP contribution in [-0.2, 0) is 26.2 Å². The Kier molecular flexibility index (Phi) is 9.61. The van der Waals surface area contributed by atoms with Crippen molar-refractivity contribution in [1.82, 2.24) is 10.2 Å². The molecule has 0 spiro atoms. The third-order valence-corrected chi connectivity index (χ3v) is 6.53. The molecule has 0 fully saturated rings. The molecule has 7 nitrogen and oxygen atoms in total. The fourth-order valence-electron chi connectivity index (χ4n) is 3.49. The highest BCUT2D eigenvalue weighted by molar-refractivity contribution is 7.92. The van der Waals surface area contributed by atoms with E-state index >= 15 is 0 Å². The van der Waals surface area contributed by atoms with E-state index < -0.39 is 21.9 Å². The van der Waals surface area contributed by atoms with E-state index in [0.717, 1.165) is 21.7 Å². The van der Waals surface area contributed by atoms with Crippen LogP contribution in [0.1, 0.15) is 44.7 Å². The van der Waals surface area contributed by atoms with Crippen molar-refractivity contribution in [2.45, 2.75) is 59.2 Å². The molecule has 2 amide bonds. The molecule has 0 heterocycles. The van der Waals surface area contributed by atoms with Gasteiger partial charge in [-0.15, -0.1) is 0 Å². The lowest BCUT2D eigenvalue weighted by Crippen LogP contribution is -2.49. The number of aryl methyl sites for hydroxylation is 1. The maximum Gasteiger partial charge on any atom is 0.242 e. The van der Waals surface area contributed by atoms with Crippen LogP contribution >= 0.6 is 0 Å². The van der Waals surface area contributed by atoms with Crippen molar-refractivity contribution in [3.63, 3.8) is 0 Å². The first-order chi connectivity index (χ1) is 15.9. The van der Waals surface area contributed by atoms with Crippen molar-refractivity contribution < 1.29 is 22.4 Å². The van der Waals surface area contributed by atoms with Gasteiger partial charge in [-0.1, -0.05) is 29.8 Å². The molecule has 0 saturated carbocycles. The minimum Gasteiger partial charge on any atom is -0.352 e. The van der Waals surface area contributed by atoms with Gasteiger partial charge in [0.2, 0.25) is 21.8 Å². The summed E-state index contributed by atoms with van der Waals surface area (Å²) in [5.74, 6) is -0.966. The molecule has 0 aliphatic carbocycles. The number of rotatable bonds is 11. The highest BCUT2D eigenvalue weighted by atomic mass is 32.2. The Morgan fingerprint density at radius 3 is 2.12 bits per heavy atom. The number of anilines is 1. The molecule has 0 unspecified atom stereocenters. The van der Waals surface area contributed by atoms with Crippen LogP contribution in [0, 0.1) is 12.7 Å². The van der Waals surface area contributed by atoms with Gasteiger partial charge in [-0.2, -0.15) is 0 Å². The standard InChI is InChI=1S/C25H34FN3O4S/c1-18(2)27-25(31)20(4)28(17-21-10-8-19(3)9-11-21)24(30)7-6-16-29(34(5,32)33)23-14-12-22(26)13-15-23/h8-15,18,20H,6-7,16-17H2,1-5H3,(H,27,31)/t20-/m1/s1. The predicted molar refractivity (Wildman–Crippen MR) is 132 cm³/mol. The SMILES string of the molecule is Cc1ccc(CN(C(=O)CCCN(c2ccc(F)cc2)S(C)(=O)=O)[C@H](C)C(=O)NC(C)C)cc1. The van der Waals surface area contributed by atoms with Crippen LogP contribution in [0.2, 0.25) is 0 Å². The molecular formula is C25H34FN3O4S. The first-order valence-corrected chi connectivity index (χ1v) is 13.1. The Morgan fingerprint density at radius 2 is 1.59 bits per heavy atom. The molecule has 0 aromatic heterocycles. The van der Waals surface area contributed by atoms with Gasteiger partial charge in [-0.25, -0.2) is 12.8 Å². The van der Waals surface area contributed by atoms with Crippen molar-refractivity contribution in [2.75, 3.05) is 17.1 Å². The highest BCUT2D eigenvalue weighted by Crippen LogP contribution is 2.19. The van der Waals surface area contributed by atoms with Crippen LogP contribution in [0.3, 0.4) is 0 Å².